The molecule has 1 N–H and O–H groups in total. The van der Waals surface area contributed by atoms with Crippen molar-refractivity contribution in [2.24, 2.45) is 0 Å². The van der Waals surface area contributed by atoms with Crippen LogP contribution in [-0.2, 0) is 9.31 Å². The highest BCUT2D eigenvalue weighted by atomic mass is 32.2. The smallest absolute Gasteiger partial charge is 0.399 e. The van der Waals surface area contributed by atoms with E-state index in [9.17, 15) is 4.79 Å². The molecule has 1 aliphatic rings. The van der Waals surface area contributed by atoms with Crippen LogP contribution in [-0.4, -0.2) is 29.3 Å². The zero-order valence-corrected chi connectivity index (χ0v) is 25.4. The highest BCUT2D eigenvalue weighted by Gasteiger charge is 2.51. The van der Waals surface area contributed by atoms with E-state index >= 15 is 0 Å². The Morgan fingerprint density at radius 2 is 1.11 bits per heavy atom. The standard InChI is InChI=1S/C31H54BNO3S/c1-6-7-8-9-10-11-12-13-14-15-16-17-18-19-20-21-26-37-29(34)33-28-24-22-27(23-25-28)32-35-30(2,3)31(4,5)36-32/h22-25H,6-21,26H2,1-5H3,(H,33,34). The average molecular weight is 532 g/mol. The van der Waals surface area contributed by atoms with E-state index in [0.29, 0.717) is 0 Å². The molecule has 0 aliphatic carbocycles. The van der Waals surface area contributed by atoms with Crippen molar-refractivity contribution in [2.75, 3.05) is 11.1 Å². The normalized spacial score (nSPS) is 16.3. The van der Waals surface area contributed by atoms with E-state index in [4.69, 9.17) is 9.31 Å². The third kappa shape index (κ3) is 12.6. The van der Waals surface area contributed by atoms with E-state index in [0.717, 1.165) is 23.3 Å². The molecule has 4 nitrogen and oxygen atoms in total. The van der Waals surface area contributed by atoms with E-state index in [2.05, 4.69) is 39.9 Å². The first-order valence-electron chi connectivity index (χ1n) is 15.1. The second-order valence-electron chi connectivity index (χ2n) is 11.8. The minimum absolute atomic E-state index is 0.0179. The topological polar surface area (TPSA) is 47.6 Å². The molecule has 0 spiro atoms. The number of thioether (sulfide) groups is 1. The SMILES string of the molecule is CCCCCCCCCCCCCCCCCCSC(=O)Nc1ccc(B2OC(C)(C)C(C)(C)O2)cc1. The third-order valence-corrected chi connectivity index (χ3v) is 8.77. The summed E-state index contributed by atoms with van der Waals surface area (Å²) >= 11 is 1.39. The first kappa shape index (κ1) is 32.2. The number of carbonyl (C=O) groups is 1. The molecule has 0 radical (unpaired) electrons. The Bertz CT molecular complexity index is 737. The maximum atomic E-state index is 12.3. The van der Waals surface area contributed by atoms with Crippen molar-refractivity contribution in [2.45, 2.75) is 149 Å². The molecular weight excluding hydrogens is 477 g/mol. The Labute approximate surface area is 233 Å². The Hall–Kier alpha value is -0.975. The van der Waals surface area contributed by atoms with Crippen LogP contribution in [0.25, 0.3) is 0 Å². The average Bonchev–Trinajstić information content (AvgIpc) is 3.08. The van der Waals surface area contributed by atoms with E-state index in [1.807, 2.05) is 24.3 Å². The Balaban J connectivity index is 1.42. The maximum absolute atomic E-state index is 12.3. The second-order valence-corrected chi connectivity index (χ2v) is 12.8. The number of anilines is 1. The number of hydrogen-bond acceptors (Lipinski definition) is 4. The van der Waals surface area contributed by atoms with E-state index in [1.54, 1.807) is 0 Å². The fourth-order valence-corrected chi connectivity index (χ4v) is 5.40. The van der Waals surface area contributed by atoms with Crippen molar-refractivity contribution < 1.29 is 14.1 Å². The van der Waals surface area contributed by atoms with Gasteiger partial charge in [0.05, 0.1) is 11.2 Å². The lowest BCUT2D eigenvalue weighted by molar-refractivity contribution is 0.00578. The number of nitrogens with one attached hydrogen (secondary N) is 1. The molecular formula is C31H54BNO3S. The van der Waals surface area contributed by atoms with Gasteiger partial charge in [0, 0.05) is 11.4 Å². The summed E-state index contributed by atoms with van der Waals surface area (Å²) in [6.07, 6.45) is 21.9. The van der Waals surface area contributed by atoms with Gasteiger partial charge in [-0.2, -0.15) is 0 Å². The Kier molecular flexibility index (Phi) is 15.3. The summed E-state index contributed by atoms with van der Waals surface area (Å²) in [6.45, 7) is 10.5. The van der Waals surface area contributed by atoms with Gasteiger partial charge in [0.1, 0.15) is 0 Å². The number of rotatable bonds is 19. The van der Waals surface area contributed by atoms with E-state index < -0.39 is 0 Å². The van der Waals surface area contributed by atoms with Crippen LogP contribution in [0.4, 0.5) is 10.5 Å². The first-order chi connectivity index (χ1) is 17.7. The van der Waals surface area contributed by atoms with Crippen molar-refractivity contribution in [3.05, 3.63) is 24.3 Å². The maximum Gasteiger partial charge on any atom is 0.494 e. The molecule has 2 rings (SSSR count). The van der Waals surface area contributed by atoms with Crippen LogP contribution in [0.15, 0.2) is 24.3 Å². The van der Waals surface area contributed by atoms with Crippen molar-refractivity contribution in [1.82, 2.24) is 0 Å². The minimum Gasteiger partial charge on any atom is -0.399 e. The van der Waals surface area contributed by atoms with Crippen LogP contribution in [0.1, 0.15) is 137 Å². The van der Waals surface area contributed by atoms with Crippen LogP contribution in [0.2, 0.25) is 0 Å². The summed E-state index contributed by atoms with van der Waals surface area (Å²) in [5.74, 6) is 0.885. The number of hydrogen-bond donors (Lipinski definition) is 1. The Morgan fingerprint density at radius 3 is 1.54 bits per heavy atom. The molecule has 0 unspecified atom stereocenters. The summed E-state index contributed by atoms with van der Waals surface area (Å²) in [4.78, 5) is 12.3. The van der Waals surface area contributed by atoms with Crippen molar-refractivity contribution in [1.29, 1.82) is 0 Å². The number of benzene rings is 1. The third-order valence-electron chi connectivity index (χ3n) is 7.91. The van der Waals surface area contributed by atoms with Crippen molar-refractivity contribution in [3.63, 3.8) is 0 Å². The van der Waals surface area contributed by atoms with Gasteiger partial charge in [-0.15, -0.1) is 0 Å². The summed E-state index contributed by atoms with van der Waals surface area (Å²) in [6, 6.07) is 7.79. The van der Waals surface area contributed by atoms with Gasteiger partial charge in [0.25, 0.3) is 5.24 Å². The fraction of sp³-hybridized carbons (Fsp3) is 0.774. The molecule has 1 aromatic carbocycles. The molecule has 0 aromatic heterocycles. The lowest BCUT2D eigenvalue weighted by Crippen LogP contribution is -2.41. The summed E-state index contributed by atoms with van der Waals surface area (Å²) in [5, 5.41) is 3.01. The zero-order valence-electron chi connectivity index (χ0n) is 24.5. The summed E-state index contributed by atoms with van der Waals surface area (Å²) in [7, 11) is -0.376. The van der Waals surface area contributed by atoms with Gasteiger partial charge < -0.3 is 14.6 Å². The van der Waals surface area contributed by atoms with Crippen LogP contribution in [0, 0.1) is 0 Å². The summed E-state index contributed by atoms with van der Waals surface area (Å²) in [5.41, 5.74) is 1.07. The summed E-state index contributed by atoms with van der Waals surface area (Å²) < 4.78 is 12.2. The largest absolute Gasteiger partial charge is 0.494 e. The predicted molar refractivity (Wildman–Crippen MR) is 163 cm³/mol. The lowest BCUT2D eigenvalue weighted by Gasteiger charge is -2.32. The van der Waals surface area contributed by atoms with E-state index in [1.165, 1.54) is 108 Å². The van der Waals surface area contributed by atoms with Gasteiger partial charge >= 0.3 is 7.12 Å². The predicted octanol–water partition coefficient (Wildman–Crippen LogP) is 9.51. The fourth-order valence-electron chi connectivity index (χ4n) is 4.67. The molecule has 1 aliphatic heterocycles. The van der Waals surface area contributed by atoms with Crippen molar-refractivity contribution >= 4 is 35.3 Å². The van der Waals surface area contributed by atoms with Gasteiger partial charge in [-0.1, -0.05) is 127 Å². The molecule has 1 aromatic rings. The molecule has 1 amide bonds. The van der Waals surface area contributed by atoms with Gasteiger partial charge in [-0.05, 0) is 51.7 Å². The quantitative estimate of drug-likeness (QED) is 0.143. The molecule has 0 bridgehead atoms. The number of unbranched alkanes of at least 4 members (excludes halogenated alkanes) is 15. The number of carbonyl (C=O) groups excluding carboxylic acids is 1. The van der Waals surface area contributed by atoms with Crippen molar-refractivity contribution in [3.8, 4) is 0 Å². The molecule has 37 heavy (non-hydrogen) atoms. The molecule has 0 saturated carbocycles. The van der Waals surface area contributed by atoms with Crippen LogP contribution in [0.5, 0.6) is 0 Å². The molecule has 6 heteroatoms. The zero-order chi connectivity index (χ0) is 27.0. The second kappa shape index (κ2) is 17.6. The van der Waals surface area contributed by atoms with Gasteiger partial charge in [0.15, 0.2) is 0 Å². The van der Waals surface area contributed by atoms with Gasteiger partial charge in [0.2, 0.25) is 0 Å². The van der Waals surface area contributed by atoms with E-state index in [-0.39, 0.29) is 23.6 Å². The first-order valence-corrected chi connectivity index (χ1v) is 16.1. The van der Waals surface area contributed by atoms with Crippen LogP contribution >= 0.6 is 11.8 Å². The van der Waals surface area contributed by atoms with Gasteiger partial charge in [-0.3, -0.25) is 4.79 Å². The van der Waals surface area contributed by atoms with Gasteiger partial charge in [-0.25, -0.2) is 0 Å². The highest BCUT2D eigenvalue weighted by Crippen LogP contribution is 2.36. The lowest BCUT2D eigenvalue weighted by atomic mass is 9.79. The Morgan fingerprint density at radius 1 is 0.703 bits per heavy atom. The molecule has 1 heterocycles. The highest BCUT2D eigenvalue weighted by molar-refractivity contribution is 8.13. The molecule has 1 fully saturated rings. The minimum atomic E-state index is -0.376. The van der Waals surface area contributed by atoms with Crippen LogP contribution < -0.4 is 10.8 Å². The number of amides is 1. The molecule has 0 atom stereocenters. The monoisotopic (exact) mass is 531 g/mol. The molecule has 210 valence electrons. The molecule has 1 saturated heterocycles. The van der Waals surface area contributed by atoms with Crippen LogP contribution in [0.3, 0.4) is 0 Å².